The van der Waals surface area contributed by atoms with Crippen LogP contribution in [0.5, 0.6) is 11.5 Å². The lowest BCUT2D eigenvalue weighted by atomic mass is 10.1. The standard InChI is InChI=1S/C22H16ClN3O5/c1-2-30-20-11-17(26(28)29)9-14(21(20)27)12-24-16-5-3-4-13(8-16)22-25-18-10-15(23)6-7-19(18)31-22/h3-12,27H,2H2,1H3. The molecule has 0 aliphatic heterocycles. The number of benzene rings is 3. The molecule has 1 N–H and O–H groups in total. The molecule has 0 unspecified atom stereocenters. The van der Waals surface area contributed by atoms with Crippen LogP contribution < -0.4 is 4.74 Å². The van der Waals surface area contributed by atoms with Crippen LogP contribution in [0.3, 0.4) is 0 Å². The molecule has 0 aliphatic rings. The third-order valence-corrected chi connectivity index (χ3v) is 4.63. The molecule has 1 aromatic heterocycles. The number of non-ortho nitro benzene ring substituents is 1. The second kappa shape index (κ2) is 8.45. The number of phenolic OH excluding ortho intramolecular Hbond substituents is 1. The van der Waals surface area contributed by atoms with E-state index in [-0.39, 0.29) is 29.4 Å². The summed E-state index contributed by atoms with van der Waals surface area (Å²) in [6, 6.07) is 14.7. The number of halogens is 1. The van der Waals surface area contributed by atoms with E-state index in [2.05, 4.69) is 9.98 Å². The number of rotatable bonds is 6. The number of phenols is 1. The quantitative estimate of drug-likeness (QED) is 0.228. The first-order valence-electron chi connectivity index (χ1n) is 9.29. The zero-order valence-electron chi connectivity index (χ0n) is 16.3. The highest BCUT2D eigenvalue weighted by molar-refractivity contribution is 6.31. The molecule has 0 bridgehead atoms. The summed E-state index contributed by atoms with van der Waals surface area (Å²) in [5, 5.41) is 22.1. The van der Waals surface area contributed by atoms with Crippen LogP contribution in [-0.4, -0.2) is 27.8 Å². The molecule has 4 rings (SSSR count). The summed E-state index contributed by atoms with van der Waals surface area (Å²) < 4.78 is 11.1. The normalized spacial score (nSPS) is 11.3. The van der Waals surface area contributed by atoms with Crippen molar-refractivity contribution in [2.45, 2.75) is 6.92 Å². The van der Waals surface area contributed by atoms with Crippen LogP contribution in [0.4, 0.5) is 11.4 Å². The molecule has 0 aliphatic carbocycles. The second-order valence-electron chi connectivity index (χ2n) is 6.51. The largest absolute Gasteiger partial charge is 0.504 e. The molecule has 156 valence electrons. The van der Waals surface area contributed by atoms with E-state index in [0.717, 1.165) is 0 Å². The van der Waals surface area contributed by atoms with Crippen molar-refractivity contribution >= 4 is 40.3 Å². The van der Waals surface area contributed by atoms with Gasteiger partial charge in [-0.2, -0.15) is 0 Å². The van der Waals surface area contributed by atoms with Crippen LogP contribution in [-0.2, 0) is 0 Å². The van der Waals surface area contributed by atoms with Crippen molar-refractivity contribution in [1.82, 2.24) is 4.98 Å². The van der Waals surface area contributed by atoms with Gasteiger partial charge in [-0.05, 0) is 43.3 Å². The minimum absolute atomic E-state index is 0.0250. The average Bonchev–Trinajstić information content (AvgIpc) is 3.17. The number of aromatic nitrogens is 1. The van der Waals surface area contributed by atoms with Crippen LogP contribution in [0.15, 0.2) is 64.0 Å². The van der Waals surface area contributed by atoms with Crippen molar-refractivity contribution < 1.29 is 19.2 Å². The Kier molecular flexibility index (Phi) is 5.55. The zero-order valence-corrected chi connectivity index (χ0v) is 17.0. The number of aromatic hydroxyl groups is 1. The summed E-state index contributed by atoms with van der Waals surface area (Å²) in [6.07, 6.45) is 1.34. The van der Waals surface area contributed by atoms with Crippen molar-refractivity contribution in [3.63, 3.8) is 0 Å². The third kappa shape index (κ3) is 4.34. The molecule has 0 spiro atoms. The number of hydrogen-bond acceptors (Lipinski definition) is 7. The van der Waals surface area contributed by atoms with Gasteiger partial charge in [0.05, 0.1) is 23.3 Å². The maximum atomic E-state index is 11.2. The fourth-order valence-electron chi connectivity index (χ4n) is 2.97. The van der Waals surface area contributed by atoms with Crippen LogP contribution in [0, 0.1) is 10.1 Å². The molecule has 0 radical (unpaired) electrons. The first-order chi connectivity index (χ1) is 14.9. The van der Waals surface area contributed by atoms with Gasteiger partial charge >= 0.3 is 0 Å². The van der Waals surface area contributed by atoms with Crippen molar-refractivity contribution in [2.75, 3.05) is 6.61 Å². The fraction of sp³-hybridized carbons (Fsp3) is 0.0909. The van der Waals surface area contributed by atoms with Gasteiger partial charge in [-0.25, -0.2) is 4.98 Å². The second-order valence-corrected chi connectivity index (χ2v) is 6.95. The molecular formula is C22H16ClN3O5. The van der Waals surface area contributed by atoms with Crippen LogP contribution in [0.25, 0.3) is 22.6 Å². The zero-order chi connectivity index (χ0) is 22.0. The predicted molar refractivity (Wildman–Crippen MR) is 118 cm³/mol. The molecule has 3 aromatic carbocycles. The van der Waals surface area contributed by atoms with Crippen LogP contribution in [0.1, 0.15) is 12.5 Å². The van der Waals surface area contributed by atoms with Gasteiger partial charge in [0.1, 0.15) is 5.52 Å². The van der Waals surface area contributed by atoms with Gasteiger partial charge in [-0.1, -0.05) is 17.7 Å². The van der Waals surface area contributed by atoms with Gasteiger partial charge < -0.3 is 14.3 Å². The Morgan fingerprint density at radius 1 is 1.26 bits per heavy atom. The van der Waals surface area contributed by atoms with Gasteiger partial charge in [-0.15, -0.1) is 0 Å². The molecule has 8 nitrogen and oxygen atoms in total. The van der Waals surface area contributed by atoms with Gasteiger partial charge in [0.15, 0.2) is 17.1 Å². The molecule has 0 fully saturated rings. The van der Waals surface area contributed by atoms with Crippen molar-refractivity contribution in [1.29, 1.82) is 0 Å². The Labute approximate surface area is 181 Å². The Morgan fingerprint density at radius 2 is 2.10 bits per heavy atom. The predicted octanol–water partition coefficient (Wildman–Crippen LogP) is 5.91. The molecule has 1 heterocycles. The molecule has 0 amide bonds. The fourth-order valence-corrected chi connectivity index (χ4v) is 3.14. The molecule has 31 heavy (non-hydrogen) atoms. The Morgan fingerprint density at radius 3 is 2.87 bits per heavy atom. The van der Waals surface area contributed by atoms with Gasteiger partial charge in [0.25, 0.3) is 5.69 Å². The summed E-state index contributed by atoms with van der Waals surface area (Å²) in [4.78, 5) is 19.4. The lowest BCUT2D eigenvalue weighted by Crippen LogP contribution is -1.97. The van der Waals surface area contributed by atoms with E-state index in [1.54, 1.807) is 43.3 Å². The van der Waals surface area contributed by atoms with E-state index in [4.69, 9.17) is 20.8 Å². The average molecular weight is 438 g/mol. The summed E-state index contributed by atoms with van der Waals surface area (Å²) in [5.41, 5.74) is 2.45. The van der Waals surface area contributed by atoms with Gasteiger partial charge in [0.2, 0.25) is 5.89 Å². The van der Waals surface area contributed by atoms with Gasteiger partial charge in [-0.3, -0.25) is 15.1 Å². The summed E-state index contributed by atoms with van der Waals surface area (Å²) >= 11 is 6.00. The maximum absolute atomic E-state index is 11.2. The van der Waals surface area contributed by atoms with E-state index in [1.165, 1.54) is 18.3 Å². The lowest BCUT2D eigenvalue weighted by molar-refractivity contribution is -0.385. The highest BCUT2D eigenvalue weighted by atomic mass is 35.5. The topological polar surface area (TPSA) is 111 Å². The van der Waals surface area contributed by atoms with Crippen molar-refractivity contribution in [3.8, 4) is 23.0 Å². The highest BCUT2D eigenvalue weighted by Crippen LogP contribution is 2.34. The van der Waals surface area contributed by atoms with Crippen molar-refractivity contribution in [3.05, 3.63) is 75.3 Å². The maximum Gasteiger partial charge on any atom is 0.274 e. The summed E-state index contributed by atoms with van der Waals surface area (Å²) in [6.45, 7) is 1.97. The number of nitro benzene ring substituents is 1. The summed E-state index contributed by atoms with van der Waals surface area (Å²) in [5.74, 6) is 0.214. The first kappa shape index (κ1) is 20.4. The summed E-state index contributed by atoms with van der Waals surface area (Å²) in [7, 11) is 0. The number of ether oxygens (including phenoxy) is 1. The Bertz CT molecular complexity index is 1320. The molecule has 4 aromatic rings. The number of nitrogens with zero attached hydrogens (tertiary/aromatic N) is 3. The highest BCUT2D eigenvalue weighted by Gasteiger charge is 2.16. The van der Waals surface area contributed by atoms with E-state index >= 15 is 0 Å². The van der Waals surface area contributed by atoms with E-state index in [0.29, 0.717) is 33.3 Å². The van der Waals surface area contributed by atoms with Crippen LogP contribution in [0.2, 0.25) is 5.02 Å². The number of fused-ring (bicyclic) bond motifs is 1. The van der Waals surface area contributed by atoms with Crippen LogP contribution >= 0.6 is 11.6 Å². The molecule has 0 atom stereocenters. The number of nitro groups is 1. The minimum atomic E-state index is -0.556. The smallest absolute Gasteiger partial charge is 0.274 e. The lowest BCUT2D eigenvalue weighted by Gasteiger charge is -2.08. The Hall–Kier alpha value is -3.91. The molecule has 0 saturated heterocycles. The number of hydrogen-bond donors (Lipinski definition) is 1. The van der Waals surface area contributed by atoms with E-state index in [9.17, 15) is 15.2 Å². The molecular weight excluding hydrogens is 422 g/mol. The number of aliphatic imine (C=N–C) groups is 1. The van der Waals surface area contributed by atoms with E-state index < -0.39 is 4.92 Å². The number of oxazole rings is 1. The minimum Gasteiger partial charge on any atom is -0.504 e. The first-order valence-corrected chi connectivity index (χ1v) is 9.67. The van der Waals surface area contributed by atoms with E-state index in [1.807, 2.05) is 6.07 Å². The van der Waals surface area contributed by atoms with Crippen molar-refractivity contribution in [2.24, 2.45) is 4.99 Å². The Balaban J connectivity index is 1.68. The SMILES string of the molecule is CCOc1cc([N+](=O)[O-])cc(C=Nc2cccc(-c3nc4cc(Cl)ccc4o3)c2)c1O. The third-order valence-electron chi connectivity index (χ3n) is 4.40. The molecule has 0 saturated carbocycles. The van der Waals surface area contributed by atoms with Gasteiger partial charge in [0, 0.05) is 28.4 Å². The molecule has 9 heteroatoms. The monoisotopic (exact) mass is 437 g/mol.